The van der Waals surface area contributed by atoms with Crippen LogP contribution in [0.15, 0.2) is 0 Å². The molecule has 1 saturated carbocycles. The van der Waals surface area contributed by atoms with Crippen LogP contribution in [0.5, 0.6) is 0 Å². The Bertz CT molecular complexity index is 366. The zero-order valence-corrected chi connectivity index (χ0v) is 12.7. The maximum Gasteiger partial charge on any atom is 0.240 e. The minimum Gasteiger partial charge on any atom is -0.354 e. The Hall–Kier alpha value is -1.08. The normalized spacial score (nSPS) is 27.3. The number of rotatable bonds is 3. The fourth-order valence-electron chi connectivity index (χ4n) is 3.57. The molecule has 1 unspecified atom stereocenters. The smallest absolute Gasteiger partial charge is 0.240 e. The molecule has 4 nitrogen and oxygen atoms in total. The number of hydrogen-bond acceptors (Lipinski definition) is 3. The van der Waals surface area contributed by atoms with Gasteiger partial charge in [-0.2, -0.15) is 5.26 Å². The molecule has 1 atom stereocenters. The van der Waals surface area contributed by atoms with Crippen molar-refractivity contribution in [2.24, 2.45) is 11.3 Å². The van der Waals surface area contributed by atoms with Gasteiger partial charge in [-0.25, -0.2) is 0 Å². The summed E-state index contributed by atoms with van der Waals surface area (Å²) < 4.78 is 0. The molecule has 2 rings (SSSR count). The summed E-state index contributed by atoms with van der Waals surface area (Å²) in [5.41, 5.74) is -0.753. The van der Waals surface area contributed by atoms with Crippen molar-refractivity contribution in [1.82, 2.24) is 10.2 Å². The third kappa shape index (κ3) is 3.73. The quantitative estimate of drug-likeness (QED) is 0.805. The van der Waals surface area contributed by atoms with Gasteiger partial charge >= 0.3 is 0 Å². The molecular formula is C16H27N3O. The second kappa shape index (κ2) is 7.08. The number of hydrogen-bond donors (Lipinski definition) is 1. The van der Waals surface area contributed by atoms with Crippen molar-refractivity contribution in [2.75, 3.05) is 26.7 Å². The van der Waals surface area contributed by atoms with Crippen LogP contribution in [0.1, 0.15) is 51.4 Å². The molecule has 0 aromatic rings. The molecule has 4 heteroatoms. The lowest BCUT2D eigenvalue weighted by Crippen LogP contribution is -2.44. The van der Waals surface area contributed by atoms with Gasteiger partial charge in [-0.15, -0.1) is 0 Å². The third-order valence-corrected chi connectivity index (χ3v) is 4.88. The van der Waals surface area contributed by atoms with Gasteiger partial charge < -0.3 is 10.2 Å². The first-order valence-electron chi connectivity index (χ1n) is 8.04. The molecule has 112 valence electrons. The van der Waals surface area contributed by atoms with Crippen molar-refractivity contribution < 1.29 is 4.79 Å². The molecule has 1 heterocycles. The van der Waals surface area contributed by atoms with Gasteiger partial charge in [-0.3, -0.25) is 4.79 Å². The predicted molar refractivity (Wildman–Crippen MR) is 79.0 cm³/mol. The summed E-state index contributed by atoms with van der Waals surface area (Å²) in [5, 5.41) is 12.6. The minimum atomic E-state index is -0.753. The Balaban J connectivity index is 1.87. The van der Waals surface area contributed by atoms with E-state index in [0.717, 1.165) is 58.2 Å². The van der Waals surface area contributed by atoms with Gasteiger partial charge in [0.1, 0.15) is 5.41 Å². The van der Waals surface area contributed by atoms with Gasteiger partial charge in [-0.1, -0.05) is 25.7 Å². The zero-order valence-electron chi connectivity index (χ0n) is 12.7. The van der Waals surface area contributed by atoms with Gasteiger partial charge in [0.15, 0.2) is 0 Å². The molecule has 0 spiro atoms. The summed E-state index contributed by atoms with van der Waals surface area (Å²) in [4.78, 5) is 14.8. The second-order valence-electron chi connectivity index (χ2n) is 6.59. The van der Waals surface area contributed by atoms with Gasteiger partial charge in [-0.05, 0) is 45.2 Å². The lowest BCUT2D eigenvalue weighted by Gasteiger charge is -2.31. The molecule has 1 aliphatic carbocycles. The van der Waals surface area contributed by atoms with Crippen LogP contribution in [0, 0.1) is 22.7 Å². The number of nitrogens with one attached hydrogen (secondary N) is 1. The number of amides is 1. The third-order valence-electron chi connectivity index (χ3n) is 4.88. The Morgan fingerprint density at radius 2 is 2.00 bits per heavy atom. The lowest BCUT2D eigenvalue weighted by molar-refractivity contribution is -0.129. The lowest BCUT2D eigenvalue weighted by atomic mass is 9.81. The fourth-order valence-corrected chi connectivity index (χ4v) is 3.57. The largest absolute Gasteiger partial charge is 0.354 e. The average molecular weight is 277 g/mol. The molecule has 0 aromatic carbocycles. The molecule has 0 radical (unpaired) electrons. The van der Waals surface area contributed by atoms with Crippen LogP contribution in [-0.4, -0.2) is 37.5 Å². The summed E-state index contributed by atoms with van der Waals surface area (Å²) in [5.74, 6) is 0.523. The maximum atomic E-state index is 12.5. The summed E-state index contributed by atoms with van der Waals surface area (Å²) in [6, 6.07) is 2.33. The van der Waals surface area contributed by atoms with Crippen molar-refractivity contribution in [3.8, 4) is 6.07 Å². The first-order chi connectivity index (χ1) is 9.66. The Labute approximate surface area is 122 Å². The highest BCUT2D eigenvalue weighted by Crippen LogP contribution is 2.34. The van der Waals surface area contributed by atoms with E-state index in [0.29, 0.717) is 5.92 Å². The van der Waals surface area contributed by atoms with Crippen LogP contribution >= 0.6 is 0 Å². The van der Waals surface area contributed by atoms with Crippen molar-refractivity contribution in [3.63, 3.8) is 0 Å². The van der Waals surface area contributed by atoms with E-state index in [1.54, 1.807) is 0 Å². The van der Waals surface area contributed by atoms with Crippen LogP contribution < -0.4 is 5.32 Å². The maximum absolute atomic E-state index is 12.5. The summed E-state index contributed by atoms with van der Waals surface area (Å²) in [7, 11) is 2.13. The Kier molecular flexibility index (Phi) is 5.42. The Morgan fingerprint density at radius 3 is 2.60 bits per heavy atom. The van der Waals surface area contributed by atoms with Gasteiger partial charge in [0, 0.05) is 13.1 Å². The van der Waals surface area contributed by atoms with Crippen LogP contribution in [0.2, 0.25) is 0 Å². The van der Waals surface area contributed by atoms with E-state index >= 15 is 0 Å². The van der Waals surface area contributed by atoms with E-state index in [-0.39, 0.29) is 5.91 Å². The average Bonchev–Trinajstić information content (AvgIpc) is 2.71. The highest BCUT2D eigenvalue weighted by molar-refractivity contribution is 5.85. The van der Waals surface area contributed by atoms with Gasteiger partial charge in [0.2, 0.25) is 5.91 Å². The van der Waals surface area contributed by atoms with Crippen LogP contribution in [0.4, 0.5) is 0 Å². The monoisotopic (exact) mass is 277 g/mol. The number of nitrogens with zero attached hydrogens (tertiary/aromatic N) is 2. The second-order valence-corrected chi connectivity index (χ2v) is 6.59. The van der Waals surface area contributed by atoms with Crippen LogP contribution in [0.25, 0.3) is 0 Å². The van der Waals surface area contributed by atoms with Crippen molar-refractivity contribution in [3.05, 3.63) is 0 Å². The minimum absolute atomic E-state index is 0.0184. The van der Waals surface area contributed by atoms with E-state index in [1.165, 1.54) is 12.8 Å². The number of carbonyl (C=O) groups excluding carboxylic acids is 1. The number of carbonyl (C=O) groups is 1. The van der Waals surface area contributed by atoms with E-state index in [9.17, 15) is 10.1 Å². The van der Waals surface area contributed by atoms with Gasteiger partial charge in [0.05, 0.1) is 6.07 Å². The number of piperidine rings is 1. The van der Waals surface area contributed by atoms with Gasteiger partial charge in [0.25, 0.3) is 0 Å². The SMILES string of the molecule is CN1CCCC(CNC(=O)C2(C#N)CCCCCC2)C1. The van der Waals surface area contributed by atoms with E-state index < -0.39 is 5.41 Å². The molecule has 1 saturated heterocycles. The van der Waals surface area contributed by atoms with E-state index in [1.807, 2.05) is 0 Å². The fraction of sp³-hybridized carbons (Fsp3) is 0.875. The first kappa shape index (κ1) is 15.3. The molecule has 1 N–H and O–H groups in total. The summed E-state index contributed by atoms with van der Waals surface area (Å²) >= 11 is 0. The summed E-state index contributed by atoms with van der Waals surface area (Å²) in [6.45, 7) is 2.94. The van der Waals surface area contributed by atoms with Crippen LogP contribution in [-0.2, 0) is 4.79 Å². The summed E-state index contributed by atoms with van der Waals surface area (Å²) in [6.07, 6.45) is 8.19. The number of likely N-dealkylation sites (tertiary alicyclic amines) is 1. The molecule has 1 aliphatic heterocycles. The van der Waals surface area contributed by atoms with E-state index in [2.05, 4.69) is 23.3 Å². The van der Waals surface area contributed by atoms with E-state index in [4.69, 9.17) is 0 Å². The molecule has 2 aliphatic rings. The molecule has 1 amide bonds. The molecule has 0 aromatic heterocycles. The van der Waals surface area contributed by atoms with Crippen molar-refractivity contribution in [1.29, 1.82) is 5.26 Å². The Morgan fingerprint density at radius 1 is 1.30 bits per heavy atom. The highest BCUT2D eigenvalue weighted by atomic mass is 16.2. The molecule has 20 heavy (non-hydrogen) atoms. The highest BCUT2D eigenvalue weighted by Gasteiger charge is 2.38. The standard InChI is InChI=1S/C16H27N3O/c1-19-10-6-7-14(12-19)11-18-15(20)16(13-17)8-4-2-3-5-9-16/h14H,2-12H2,1H3,(H,18,20). The first-order valence-corrected chi connectivity index (χ1v) is 8.04. The molecular weight excluding hydrogens is 250 g/mol. The van der Waals surface area contributed by atoms with Crippen molar-refractivity contribution in [2.45, 2.75) is 51.4 Å². The predicted octanol–water partition coefficient (Wildman–Crippen LogP) is 2.31. The van der Waals surface area contributed by atoms with Crippen molar-refractivity contribution >= 4 is 5.91 Å². The zero-order chi connectivity index (χ0) is 14.4. The van der Waals surface area contributed by atoms with Crippen LogP contribution in [0.3, 0.4) is 0 Å². The molecule has 0 bridgehead atoms. The molecule has 2 fully saturated rings. The topological polar surface area (TPSA) is 56.1 Å². The number of nitriles is 1.